The Labute approximate surface area is 232 Å². The molecule has 1 fully saturated rings. The number of ether oxygens (including phenoxy) is 3. The number of esters is 1. The lowest BCUT2D eigenvalue weighted by Gasteiger charge is -2.41. The fraction of sp³-hybridized carbons (Fsp3) is 0.379. The Morgan fingerprint density at radius 1 is 1.03 bits per heavy atom. The van der Waals surface area contributed by atoms with E-state index in [4.69, 9.17) is 14.2 Å². The van der Waals surface area contributed by atoms with Gasteiger partial charge >= 0.3 is 5.97 Å². The maximum Gasteiger partial charge on any atom is 0.303 e. The highest BCUT2D eigenvalue weighted by Crippen LogP contribution is 2.42. The van der Waals surface area contributed by atoms with Gasteiger partial charge in [-0.05, 0) is 29.7 Å². The highest BCUT2D eigenvalue weighted by molar-refractivity contribution is 7.99. The van der Waals surface area contributed by atoms with E-state index in [0.717, 1.165) is 22.3 Å². The molecule has 5 atom stereocenters. The highest BCUT2D eigenvalue weighted by atomic mass is 32.2. The molecule has 2 aromatic carbocycles. The van der Waals surface area contributed by atoms with Crippen molar-refractivity contribution in [3.05, 3.63) is 89.2 Å². The summed E-state index contributed by atoms with van der Waals surface area (Å²) in [6.07, 6.45) is 1.63. The predicted octanol–water partition coefficient (Wildman–Crippen LogP) is 4.12. The Morgan fingerprint density at radius 3 is 2.31 bits per heavy atom. The summed E-state index contributed by atoms with van der Waals surface area (Å²) in [6.45, 7) is 5.20. The number of benzene rings is 2. The third-order valence-electron chi connectivity index (χ3n) is 6.47. The number of thioether (sulfide) groups is 1. The van der Waals surface area contributed by atoms with Crippen molar-refractivity contribution in [1.29, 1.82) is 0 Å². The molecular formula is C29H33N3O6S. The summed E-state index contributed by atoms with van der Waals surface area (Å²) in [4.78, 5) is 31.9. The number of hydrogen-bond donors (Lipinski definition) is 2. The van der Waals surface area contributed by atoms with Crippen molar-refractivity contribution in [2.24, 2.45) is 5.92 Å². The number of hydrogen-bond acceptors (Lipinski definition) is 9. The van der Waals surface area contributed by atoms with Crippen molar-refractivity contribution in [3.63, 3.8) is 0 Å². The van der Waals surface area contributed by atoms with Crippen LogP contribution in [0.5, 0.6) is 0 Å². The van der Waals surface area contributed by atoms with Crippen LogP contribution in [-0.4, -0.2) is 44.9 Å². The fourth-order valence-corrected chi connectivity index (χ4v) is 5.22. The minimum atomic E-state index is -0.854. The molecule has 1 saturated heterocycles. The van der Waals surface area contributed by atoms with E-state index in [9.17, 15) is 14.7 Å². The van der Waals surface area contributed by atoms with Gasteiger partial charge in [-0.15, -0.1) is 0 Å². The number of amides is 1. The maximum atomic E-state index is 12.2. The Bertz CT molecular complexity index is 1230. The molecule has 39 heavy (non-hydrogen) atoms. The monoisotopic (exact) mass is 551 g/mol. The van der Waals surface area contributed by atoms with Gasteiger partial charge in [0.15, 0.2) is 17.6 Å². The van der Waals surface area contributed by atoms with Crippen LogP contribution >= 0.6 is 11.8 Å². The van der Waals surface area contributed by atoms with Gasteiger partial charge in [-0.3, -0.25) is 9.59 Å². The lowest BCUT2D eigenvalue weighted by atomic mass is 9.91. The van der Waals surface area contributed by atoms with Gasteiger partial charge in [0.05, 0.1) is 18.8 Å². The molecule has 0 spiro atoms. The summed E-state index contributed by atoms with van der Waals surface area (Å²) >= 11 is 1.54. The molecule has 1 amide bonds. The first-order valence-corrected chi connectivity index (χ1v) is 13.8. The van der Waals surface area contributed by atoms with Crippen LogP contribution in [0.15, 0.2) is 72.1 Å². The lowest BCUT2D eigenvalue weighted by Crippen LogP contribution is -2.38. The summed E-state index contributed by atoms with van der Waals surface area (Å²) < 4.78 is 17.9. The third kappa shape index (κ3) is 7.86. The predicted molar refractivity (Wildman–Crippen MR) is 145 cm³/mol. The second-order valence-corrected chi connectivity index (χ2v) is 10.4. The summed E-state index contributed by atoms with van der Waals surface area (Å²) in [5, 5.41) is 12.9. The zero-order valence-electron chi connectivity index (χ0n) is 22.2. The average Bonchev–Trinajstić information content (AvgIpc) is 2.96. The summed E-state index contributed by atoms with van der Waals surface area (Å²) in [5.74, 6) is -0.161. The normalized spacial score (nSPS) is 21.6. The Kier molecular flexibility index (Phi) is 10.0. The lowest BCUT2D eigenvalue weighted by molar-refractivity contribution is -0.268. The standard InChI is InChI=1S/C29H33N3O6S/c1-18-25(17-39-29-30-13-4-14-31-29)37-28(38-26(18)23-9-7-22(16-33)8-10-23)24-11-5-21(6-12-24)15-32-27(35)19(2)36-20(3)34/h4-14,18-19,25-26,28,33H,15-17H2,1-3H3,(H,32,35). The van der Waals surface area contributed by atoms with Crippen molar-refractivity contribution >= 4 is 23.6 Å². The van der Waals surface area contributed by atoms with Gasteiger partial charge < -0.3 is 24.6 Å². The van der Waals surface area contributed by atoms with E-state index in [1.807, 2.05) is 48.5 Å². The quantitative estimate of drug-likeness (QED) is 0.218. The summed E-state index contributed by atoms with van der Waals surface area (Å²) in [6, 6.07) is 17.2. The van der Waals surface area contributed by atoms with Crippen molar-refractivity contribution in [1.82, 2.24) is 15.3 Å². The van der Waals surface area contributed by atoms with Gasteiger partial charge in [-0.2, -0.15) is 0 Å². The first-order valence-electron chi connectivity index (χ1n) is 12.8. The van der Waals surface area contributed by atoms with Crippen LogP contribution in [0, 0.1) is 5.92 Å². The SMILES string of the molecule is CC(=O)OC(C)C(=O)NCc1ccc(C2OC(CSc3ncccn3)C(C)C(c3ccc(CO)cc3)O2)cc1. The largest absolute Gasteiger partial charge is 0.453 e. The van der Waals surface area contributed by atoms with Crippen molar-refractivity contribution in [3.8, 4) is 0 Å². The van der Waals surface area contributed by atoms with Gasteiger partial charge in [0.2, 0.25) is 0 Å². The van der Waals surface area contributed by atoms with E-state index >= 15 is 0 Å². The van der Waals surface area contributed by atoms with E-state index in [2.05, 4.69) is 22.2 Å². The van der Waals surface area contributed by atoms with Crippen LogP contribution in [0.3, 0.4) is 0 Å². The fourth-order valence-electron chi connectivity index (χ4n) is 4.25. The molecule has 206 valence electrons. The number of aliphatic hydroxyl groups is 1. The molecule has 10 heteroatoms. The topological polar surface area (TPSA) is 120 Å². The molecule has 2 N–H and O–H groups in total. The second kappa shape index (κ2) is 13.7. The van der Waals surface area contributed by atoms with E-state index in [0.29, 0.717) is 17.5 Å². The number of carbonyl (C=O) groups excluding carboxylic acids is 2. The number of nitrogens with zero attached hydrogens (tertiary/aromatic N) is 2. The van der Waals surface area contributed by atoms with Gasteiger partial charge in [0.1, 0.15) is 0 Å². The van der Waals surface area contributed by atoms with Crippen molar-refractivity contribution in [2.75, 3.05) is 5.75 Å². The van der Waals surface area contributed by atoms with Gasteiger partial charge in [-0.25, -0.2) is 9.97 Å². The molecule has 0 saturated carbocycles. The third-order valence-corrected chi connectivity index (χ3v) is 7.44. The number of aliphatic hydroxyl groups excluding tert-OH is 1. The average molecular weight is 552 g/mol. The highest BCUT2D eigenvalue weighted by Gasteiger charge is 2.38. The Hall–Kier alpha value is -3.31. The molecule has 1 aliphatic rings. The minimum absolute atomic E-state index is 0.0150. The van der Waals surface area contributed by atoms with Crippen LogP contribution in [0.2, 0.25) is 0 Å². The van der Waals surface area contributed by atoms with Crippen LogP contribution in [0.25, 0.3) is 0 Å². The number of rotatable bonds is 10. The van der Waals surface area contributed by atoms with Crippen LogP contribution in [0.4, 0.5) is 0 Å². The molecule has 9 nitrogen and oxygen atoms in total. The zero-order valence-corrected chi connectivity index (χ0v) is 23.0. The number of aromatic nitrogens is 2. The van der Waals surface area contributed by atoms with Gasteiger partial charge in [-0.1, -0.05) is 67.2 Å². The van der Waals surface area contributed by atoms with E-state index in [1.165, 1.54) is 13.8 Å². The van der Waals surface area contributed by atoms with Crippen molar-refractivity contribution in [2.45, 2.75) is 63.7 Å². The maximum absolute atomic E-state index is 12.2. The molecule has 4 rings (SSSR count). The summed E-state index contributed by atoms with van der Waals surface area (Å²) in [7, 11) is 0. The Morgan fingerprint density at radius 2 is 1.67 bits per heavy atom. The molecule has 1 aliphatic heterocycles. The van der Waals surface area contributed by atoms with Crippen LogP contribution in [-0.2, 0) is 37.0 Å². The molecule has 3 aromatic rings. The summed E-state index contributed by atoms with van der Waals surface area (Å²) in [5.41, 5.74) is 3.59. The number of carbonyl (C=O) groups is 2. The molecule has 1 aromatic heterocycles. The minimum Gasteiger partial charge on any atom is -0.453 e. The van der Waals surface area contributed by atoms with E-state index in [1.54, 1.807) is 30.2 Å². The molecule has 0 aliphatic carbocycles. The first-order chi connectivity index (χ1) is 18.8. The van der Waals surface area contributed by atoms with Gasteiger partial charge in [0.25, 0.3) is 5.91 Å². The van der Waals surface area contributed by atoms with Crippen molar-refractivity contribution < 1.29 is 28.9 Å². The second-order valence-electron chi connectivity index (χ2n) is 9.38. The first kappa shape index (κ1) is 28.7. The van der Waals surface area contributed by atoms with E-state index < -0.39 is 18.4 Å². The van der Waals surface area contributed by atoms with E-state index in [-0.39, 0.29) is 30.6 Å². The van der Waals surface area contributed by atoms with Gasteiger partial charge in [0, 0.05) is 43.1 Å². The molecule has 2 heterocycles. The number of nitrogens with one attached hydrogen (secondary N) is 1. The Balaban J connectivity index is 1.47. The molecule has 0 radical (unpaired) electrons. The molecule has 0 bridgehead atoms. The van der Waals surface area contributed by atoms with Crippen LogP contribution in [0.1, 0.15) is 55.4 Å². The smallest absolute Gasteiger partial charge is 0.303 e. The molecular weight excluding hydrogens is 518 g/mol. The molecule has 5 unspecified atom stereocenters. The van der Waals surface area contributed by atoms with Crippen LogP contribution < -0.4 is 5.32 Å². The zero-order chi connectivity index (χ0) is 27.8.